The molecule has 3 heterocycles. The molecule has 0 aromatic rings. The van der Waals surface area contributed by atoms with Crippen LogP contribution >= 0.6 is 0 Å². The molecule has 17 nitrogen and oxygen atoms in total. The summed E-state index contributed by atoms with van der Waals surface area (Å²) in [6.07, 6.45) is -11.1. The average Bonchev–Trinajstić information content (AvgIpc) is 3.62. The number of allylic oxidation sites excluding steroid dienone is 2. The van der Waals surface area contributed by atoms with Crippen LogP contribution in [-0.2, 0) is 38.0 Å². The third-order valence-electron chi connectivity index (χ3n) is 18.6. The molecule has 23 atom stereocenters. The third-order valence-corrected chi connectivity index (χ3v) is 18.6. The molecule has 0 amide bonds. The molecular weight excluding hydrogens is 861 g/mol. The summed E-state index contributed by atoms with van der Waals surface area (Å²) in [5.41, 5.74) is -0.546. The molecule has 0 radical (unpaired) electrons. The normalized spacial score (nSPS) is 50.0. The summed E-state index contributed by atoms with van der Waals surface area (Å²) in [5.74, 6) is 0.233. The van der Waals surface area contributed by atoms with Gasteiger partial charge in [-0.2, -0.15) is 0 Å². The zero-order valence-electron chi connectivity index (χ0n) is 40.5. The van der Waals surface area contributed by atoms with E-state index >= 15 is 0 Å². The molecule has 3 aliphatic heterocycles. The molecule has 9 N–H and O–H groups in total. The molecule has 0 aromatic carbocycles. The van der Waals surface area contributed by atoms with Crippen LogP contribution in [0, 0.1) is 45.3 Å². The molecule has 66 heavy (non-hydrogen) atoms. The van der Waals surface area contributed by atoms with Crippen molar-refractivity contribution < 1.29 is 83.9 Å². The molecule has 4 saturated carbocycles. The SMILES string of the molecule is CC(=O)OC[C@H]1O[C@@H](O[C@H]2CC[C@]3(C)[C@H]4CC[C@@H]5[C@@H]([C@](O)(CO)CCC=C(C)C)CC[C@@]5(C)[C@]4(C)CC[C@H]3C2(C)C)[C@H](O[C@@H]2O[C@@H](C)[C@H](O)[C@@H](O)[C@H]2O)[C@@H](O[C@@H]2OC[C@@H](O)[C@H](O)[C@H]2O)[C@@H]1O. The fraction of sp³-hybridized carbons (Fsp3) is 0.939. The Morgan fingerprint density at radius 1 is 0.712 bits per heavy atom. The van der Waals surface area contributed by atoms with Gasteiger partial charge in [0.25, 0.3) is 0 Å². The van der Waals surface area contributed by atoms with Gasteiger partial charge in [-0.05, 0) is 130 Å². The predicted molar refractivity (Wildman–Crippen MR) is 236 cm³/mol. The van der Waals surface area contributed by atoms with E-state index in [9.17, 15) is 50.8 Å². The van der Waals surface area contributed by atoms with Gasteiger partial charge in [-0.25, -0.2) is 0 Å². The molecule has 0 bridgehead atoms. The Balaban J connectivity index is 1.17. The summed E-state index contributed by atoms with van der Waals surface area (Å²) in [6.45, 7) is 17.5. The summed E-state index contributed by atoms with van der Waals surface area (Å²) in [4.78, 5) is 12.1. The number of rotatable bonds is 13. The van der Waals surface area contributed by atoms with Gasteiger partial charge in [0.05, 0.1) is 31.0 Å². The second-order valence-electron chi connectivity index (χ2n) is 22.8. The highest BCUT2D eigenvalue weighted by atomic mass is 16.8. The maximum atomic E-state index is 12.1. The highest BCUT2D eigenvalue weighted by molar-refractivity contribution is 5.65. The molecule has 0 aromatic heterocycles. The molecular formula is C49H82O17. The fourth-order valence-corrected chi connectivity index (χ4v) is 14.7. The Hall–Kier alpha value is -1.39. The number of esters is 1. The Morgan fingerprint density at radius 3 is 2.05 bits per heavy atom. The lowest BCUT2D eigenvalue weighted by Gasteiger charge is -2.70. The van der Waals surface area contributed by atoms with E-state index in [2.05, 4.69) is 54.5 Å². The lowest BCUT2D eigenvalue weighted by atomic mass is 9.35. The van der Waals surface area contributed by atoms with Crippen molar-refractivity contribution >= 4 is 5.97 Å². The molecule has 7 aliphatic rings. The molecule has 0 spiro atoms. The second-order valence-corrected chi connectivity index (χ2v) is 22.8. The van der Waals surface area contributed by atoms with E-state index in [0.29, 0.717) is 18.8 Å². The maximum absolute atomic E-state index is 12.1. The summed E-state index contributed by atoms with van der Waals surface area (Å²) >= 11 is 0. The van der Waals surface area contributed by atoms with Gasteiger partial charge in [-0.1, -0.05) is 46.3 Å². The molecule has 380 valence electrons. The predicted octanol–water partition coefficient (Wildman–Crippen LogP) is 2.21. The van der Waals surface area contributed by atoms with Gasteiger partial charge < -0.3 is 79.1 Å². The van der Waals surface area contributed by atoms with Crippen molar-refractivity contribution in [3.05, 3.63) is 11.6 Å². The number of hydrogen-bond donors (Lipinski definition) is 9. The van der Waals surface area contributed by atoms with Crippen molar-refractivity contribution in [3.8, 4) is 0 Å². The summed E-state index contributed by atoms with van der Waals surface area (Å²) in [6, 6.07) is 0. The van der Waals surface area contributed by atoms with Crippen molar-refractivity contribution in [1.82, 2.24) is 0 Å². The first kappa shape index (κ1) is 52.4. The minimum Gasteiger partial charge on any atom is -0.463 e. The van der Waals surface area contributed by atoms with Gasteiger partial charge in [0, 0.05) is 6.92 Å². The molecule has 7 fully saturated rings. The third kappa shape index (κ3) is 9.21. The van der Waals surface area contributed by atoms with Crippen LogP contribution in [0.5, 0.6) is 0 Å². The Kier molecular flexibility index (Phi) is 15.6. The lowest BCUT2D eigenvalue weighted by molar-refractivity contribution is -0.395. The fourth-order valence-electron chi connectivity index (χ4n) is 14.7. The van der Waals surface area contributed by atoms with E-state index in [1.165, 1.54) is 19.4 Å². The summed E-state index contributed by atoms with van der Waals surface area (Å²) in [7, 11) is 0. The molecule has 0 unspecified atom stereocenters. The average molecular weight is 943 g/mol. The van der Waals surface area contributed by atoms with Crippen molar-refractivity contribution in [3.63, 3.8) is 0 Å². The van der Waals surface area contributed by atoms with E-state index in [1.807, 2.05) is 0 Å². The number of aliphatic hydroxyl groups excluding tert-OH is 8. The zero-order valence-corrected chi connectivity index (χ0v) is 40.5. The van der Waals surface area contributed by atoms with Crippen LogP contribution in [0.15, 0.2) is 11.6 Å². The highest BCUT2D eigenvalue weighted by Crippen LogP contribution is 2.76. The van der Waals surface area contributed by atoms with E-state index in [1.54, 1.807) is 0 Å². The molecule has 7 rings (SSSR count). The standard InChI is InChI=1S/C49H82O17/c1-24(2)11-10-17-49(59,23-50)28-14-19-47(8)27(28)12-13-32-46(7)18-16-33(45(5,6)31(46)15-20-48(32,47)9)64-44-41(66-43-39(58)37(56)34(53)25(3)62-43)40(36(55)30(63-44)22-60-26(4)51)65-42-38(57)35(54)29(52)21-61-42/h11,25,27-44,50,52-59H,10,12-23H2,1-9H3/t25-,27+,28-,29+,30+,31-,32+,33-,34-,35-,36+,37+,38+,39+,40-,41+,42-,43-,44-,46-,47+,48+,49+/m0/s1. The lowest BCUT2D eigenvalue weighted by Crippen LogP contribution is -2.68. The Bertz CT molecular complexity index is 1710. The molecule has 17 heteroatoms. The number of carbonyl (C=O) groups is 1. The molecule has 3 saturated heterocycles. The van der Waals surface area contributed by atoms with E-state index in [4.69, 9.17) is 33.2 Å². The van der Waals surface area contributed by atoms with Crippen LogP contribution in [-0.4, -0.2) is 169 Å². The largest absolute Gasteiger partial charge is 0.463 e. The maximum Gasteiger partial charge on any atom is 0.302 e. The second kappa shape index (κ2) is 19.7. The first-order valence-corrected chi connectivity index (χ1v) is 24.6. The Labute approximate surface area is 390 Å². The highest BCUT2D eigenvalue weighted by Gasteiger charge is 2.70. The smallest absolute Gasteiger partial charge is 0.302 e. The minimum absolute atomic E-state index is 0.0164. The minimum atomic E-state index is -1.77. The van der Waals surface area contributed by atoms with Crippen molar-refractivity contribution in [2.24, 2.45) is 45.3 Å². The van der Waals surface area contributed by atoms with Crippen molar-refractivity contribution in [1.29, 1.82) is 0 Å². The first-order chi connectivity index (χ1) is 30.8. The summed E-state index contributed by atoms with van der Waals surface area (Å²) < 4.78 is 42.9. The monoisotopic (exact) mass is 943 g/mol. The van der Waals surface area contributed by atoms with E-state index < -0.39 is 122 Å². The van der Waals surface area contributed by atoms with Gasteiger partial charge in [0.15, 0.2) is 18.9 Å². The molecule has 4 aliphatic carbocycles. The summed E-state index contributed by atoms with van der Waals surface area (Å²) in [5, 5.41) is 98.8. The van der Waals surface area contributed by atoms with Crippen LogP contribution in [0.4, 0.5) is 0 Å². The van der Waals surface area contributed by atoms with Gasteiger partial charge in [-0.3, -0.25) is 4.79 Å². The van der Waals surface area contributed by atoms with Gasteiger partial charge >= 0.3 is 5.97 Å². The number of hydrogen-bond acceptors (Lipinski definition) is 17. The van der Waals surface area contributed by atoms with Crippen LogP contribution in [0.25, 0.3) is 0 Å². The van der Waals surface area contributed by atoms with Gasteiger partial charge in [-0.15, -0.1) is 0 Å². The van der Waals surface area contributed by atoms with Gasteiger partial charge in [0.1, 0.15) is 67.6 Å². The quantitative estimate of drug-likeness (QED) is 0.0728. The van der Waals surface area contributed by atoms with Crippen LogP contribution in [0.3, 0.4) is 0 Å². The van der Waals surface area contributed by atoms with E-state index in [-0.39, 0.29) is 40.6 Å². The topological polar surface area (TPSA) is 264 Å². The number of fused-ring (bicyclic) bond motifs is 5. The first-order valence-electron chi connectivity index (χ1n) is 24.6. The van der Waals surface area contributed by atoms with Crippen LogP contribution < -0.4 is 0 Å². The van der Waals surface area contributed by atoms with Crippen molar-refractivity contribution in [2.75, 3.05) is 19.8 Å². The van der Waals surface area contributed by atoms with Crippen LogP contribution in [0.1, 0.15) is 127 Å². The van der Waals surface area contributed by atoms with Crippen molar-refractivity contribution in [2.45, 2.75) is 224 Å². The Morgan fingerprint density at radius 2 is 1.38 bits per heavy atom. The van der Waals surface area contributed by atoms with Gasteiger partial charge in [0.2, 0.25) is 0 Å². The van der Waals surface area contributed by atoms with Crippen LogP contribution in [0.2, 0.25) is 0 Å². The zero-order chi connectivity index (χ0) is 48.5. The number of carbonyl (C=O) groups excluding carboxylic acids is 1. The van der Waals surface area contributed by atoms with E-state index in [0.717, 1.165) is 51.4 Å². The number of aliphatic hydroxyl groups is 9. The number of ether oxygens (including phenoxy) is 7.